The number of ether oxygens (including phenoxy) is 1. The number of nitrogens with zero attached hydrogens (tertiary/aromatic N) is 2. The van der Waals surface area contributed by atoms with Gasteiger partial charge in [0, 0.05) is 24.0 Å². The van der Waals surface area contributed by atoms with Crippen molar-refractivity contribution >= 4 is 35.4 Å². The molecule has 2 aromatic rings. The highest BCUT2D eigenvalue weighted by molar-refractivity contribution is 8.00. The van der Waals surface area contributed by atoms with E-state index in [0.717, 1.165) is 12.8 Å². The normalized spacial score (nSPS) is 18.3. The first-order valence-corrected chi connectivity index (χ1v) is 11.5. The lowest BCUT2D eigenvalue weighted by Gasteiger charge is -2.28. The Labute approximate surface area is 191 Å². The van der Waals surface area contributed by atoms with E-state index in [1.54, 1.807) is 48.7 Å². The molecule has 1 aliphatic rings. The van der Waals surface area contributed by atoms with Gasteiger partial charge in [0.05, 0.1) is 16.4 Å². The van der Waals surface area contributed by atoms with Crippen LogP contribution in [0.25, 0.3) is 6.08 Å². The van der Waals surface area contributed by atoms with Crippen molar-refractivity contribution in [2.45, 2.75) is 44.2 Å². The van der Waals surface area contributed by atoms with Crippen molar-refractivity contribution in [1.82, 2.24) is 4.90 Å². The van der Waals surface area contributed by atoms with Crippen LogP contribution in [0.1, 0.15) is 31.4 Å². The van der Waals surface area contributed by atoms with Crippen LogP contribution in [-0.4, -0.2) is 45.0 Å². The van der Waals surface area contributed by atoms with Gasteiger partial charge in [-0.25, -0.2) is 4.79 Å². The highest BCUT2D eigenvalue weighted by atomic mass is 32.2. The second-order valence-corrected chi connectivity index (χ2v) is 8.95. The molecule has 1 saturated heterocycles. The number of nitro benzene ring substituents is 1. The smallest absolute Gasteiger partial charge is 0.330 e. The van der Waals surface area contributed by atoms with E-state index in [4.69, 9.17) is 4.74 Å². The summed E-state index contributed by atoms with van der Waals surface area (Å²) in [5.41, 5.74) is 1.83. The number of hydrogen-bond acceptors (Lipinski definition) is 6. The molecule has 1 heterocycles. The summed E-state index contributed by atoms with van der Waals surface area (Å²) in [5.74, 6) is -0.189. The Morgan fingerprint density at radius 1 is 1.19 bits per heavy atom. The van der Waals surface area contributed by atoms with Crippen LogP contribution < -0.4 is 0 Å². The van der Waals surface area contributed by atoms with Crippen LogP contribution in [0, 0.1) is 10.1 Å². The largest absolute Gasteiger partial charge is 0.461 e. The summed E-state index contributed by atoms with van der Waals surface area (Å²) in [6.45, 7) is 3.57. The zero-order valence-corrected chi connectivity index (χ0v) is 18.9. The van der Waals surface area contributed by atoms with Crippen molar-refractivity contribution in [3.05, 3.63) is 81.9 Å². The topological polar surface area (TPSA) is 89.8 Å². The van der Waals surface area contributed by atoms with Gasteiger partial charge in [-0.05, 0) is 56.0 Å². The van der Waals surface area contributed by atoms with Crippen LogP contribution in [0.15, 0.2) is 60.7 Å². The summed E-state index contributed by atoms with van der Waals surface area (Å²) in [5, 5.41) is 10.7. The molecular formula is C24H26N2O5S. The quantitative estimate of drug-likeness (QED) is 0.253. The molecule has 1 amide bonds. The van der Waals surface area contributed by atoms with Gasteiger partial charge in [-0.2, -0.15) is 0 Å². The summed E-state index contributed by atoms with van der Waals surface area (Å²) in [4.78, 5) is 37.7. The van der Waals surface area contributed by atoms with E-state index in [-0.39, 0.29) is 23.1 Å². The predicted molar refractivity (Wildman–Crippen MR) is 125 cm³/mol. The molecule has 3 rings (SSSR count). The molecule has 1 fully saturated rings. The van der Waals surface area contributed by atoms with E-state index in [1.807, 2.05) is 30.3 Å². The molecule has 2 atom stereocenters. The molecule has 32 heavy (non-hydrogen) atoms. The molecule has 168 valence electrons. The zero-order chi connectivity index (χ0) is 23.1. The maximum Gasteiger partial charge on any atom is 0.330 e. The first kappa shape index (κ1) is 23.5. The van der Waals surface area contributed by atoms with Crippen LogP contribution >= 0.6 is 11.8 Å². The maximum absolute atomic E-state index is 13.1. The highest BCUT2D eigenvalue weighted by Crippen LogP contribution is 2.33. The SMILES string of the molecule is CC(C)OC(=O)C1CSC(CCc2ccccc2)N1C(=O)/C=C/c1ccc([N+](=O)[O-])cc1. The van der Waals surface area contributed by atoms with Gasteiger partial charge in [0.2, 0.25) is 5.91 Å². The van der Waals surface area contributed by atoms with Gasteiger partial charge in [-0.15, -0.1) is 11.8 Å². The number of benzene rings is 2. The third-order valence-corrected chi connectivity index (χ3v) is 6.37. The van der Waals surface area contributed by atoms with Crippen molar-refractivity contribution in [3.63, 3.8) is 0 Å². The molecular weight excluding hydrogens is 428 g/mol. The lowest BCUT2D eigenvalue weighted by Crippen LogP contribution is -2.46. The van der Waals surface area contributed by atoms with Crippen molar-refractivity contribution in [1.29, 1.82) is 0 Å². The van der Waals surface area contributed by atoms with Gasteiger partial charge in [0.25, 0.3) is 5.69 Å². The van der Waals surface area contributed by atoms with Crippen LogP contribution in [0.5, 0.6) is 0 Å². The predicted octanol–water partition coefficient (Wildman–Crippen LogP) is 4.46. The van der Waals surface area contributed by atoms with Gasteiger partial charge in [0.15, 0.2) is 0 Å². The number of rotatable bonds is 8. The molecule has 2 unspecified atom stereocenters. The van der Waals surface area contributed by atoms with Crippen molar-refractivity contribution in [2.75, 3.05) is 5.75 Å². The summed E-state index contributed by atoms with van der Waals surface area (Å²) < 4.78 is 5.39. The number of carbonyl (C=O) groups is 2. The number of amides is 1. The van der Waals surface area contributed by atoms with E-state index in [0.29, 0.717) is 11.3 Å². The van der Waals surface area contributed by atoms with Crippen LogP contribution in [0.2, 0.25) is 0 Å². The van der Waals surface area contributed by atoms with Crippen molar-refractivity contribution in [3.8, 4) is 0 Å². The Morgan fingerprint density at radius 2 is 1.88 bits per heavy atom. The van der Waals surface area contributed by atoms with E-state index in [9.17, 15) is 19.7 Å². The summed E-state index contributed by atoms with van der Waals surface area (Å²) in [6, 6.07) is 15.3. The minimum Gasteiger partial charge on any atom is -0.461 e. The molecule has 0 aromatic heterocycles. The Bertz CT molecular complexity index is 976. The number of non-ortho nitro benzene ring substituents is 1. The van der Waals surface area contributed by atoms with E-state index in [1.165, 1.54) is 23.8 Å². The fourth-order valence-electron chi connectivity index (χ4n) is 3.47. The lowest BCUT2D eigenvalue weighted by molar-refractivity contribution is -0.384. The van der Waals surface area contributed by atoms with Gasteiger partial charge < -0.3 is 9.64 Å². The molecule has 0 aliphatic carbocycles. The third kappa shape index (κ3) is 6.20. The van der Waals surface area contributed by atoms with Gasteiger partial charge in [0.1, 0.15) is 6.04 Å². The van der Waals surface area contributed by atoms with Crippen LogP contribution in [0.4, 0.5) is 5.69 Å². The monoisotopic (exact) mass is 454 g/mol. The number of carbonyl (C=O) groups excluding carboxylic acids is 2. The summed E-state index contributed by atoms with van der Waals surface area (Å²) in [7, 11) is 0. The molecule has 0 N–H and O–H groups in total. The molecule has 0 radical (unpaired) electrons. The Hall–Kier alpha value is -3.13. The summed E-state index contributed by atoms with van der Waals surface area (Å²) in [6.07, 6.45) is 4.27. The fourth-order valence-corrected chi connectivity index (χ4v) is 4.87. The molecule has 0 spiro atoms. The maximum atomic E-state index is 13.1. The third-order valence-electron chi connectivity index (χ3n) is 5.02. The van der Waals surface area contributed by atoms with Crippen LogP contribution in [0.3, 0.4) is 0 Å². The van der Waals surface area contributed by atoms with E-state index < -0.39 is 16.9 Å². The lowest BCUT2D eigenvalue weighted by atomic mass is 10.1. The van der Waals surface area contributed by atoms with Gasteiger partial charge >= 0.3 is 5.97 Å². The molecule has 1 aliphatic heterocycles. The van der Waals surface area contributed by atoms with Crippen molar-refractivity contribution in [2.24, 2.45) is 0 Å². The second kappa shape index (κ2) is 10.9. The Kier molecular flexibility index (Phi) is 8.05. The fraction of sp³-hybridized carbons (Fsp3) is 0.333. The minimum absolute atomic E-state index is 0.0121. The average molecular weight is 455 g/mol. The number of thioether (sulfide) groups is 1. The second-order valence-electron chi connectivity index (χ2n) is 7.74. The molecule has 0 bridgehead atoms. The van der Waals surface area contributed by atoms with Crippen molar-refractivity contribution < 1.29 is 19.2 Å². The molecule has 8 heteroatoms. The minimum atomic E-state index is -0.641. The highest BCUT2D eigenvalue weighted by Gasteiger charge is 2.41. The van der Waals surface area contributed by atoms with E-state index in [2.05, 4.69) is 0 Å². The number of nitro groups is 1. The number of aryl methyl sites for hydroxylation is 1. The number of hydrogen-bond donors (Lipinski definition) is 0. The van der Waals surface area contributed by atoms with Crippen LogP contribution in [-0.2, 0) is 20.7 Å². The Morgan fingerprint density at radius 3 is 2.50 bits per heavy atom. The van der Waals surface area contributed by atoms with E-state index >= 15 is 0 Å². The standard InChI is InChI=1S/C24H26N2O5S/c1-17(2)31-24(28)21-16-32-23(15-11-18-6-4-3-5-7-18)25(21)22(27)14-10-19-8-12-20(13-9-19)26(29)30/h3-10,12-14,17,21,23H,11,15-16H2,1-2H3/b14-10+. The molecule has 7 nitrogen and oxygen atoms in total. The molecule has 0 saturated carbocycles. The first-order valence-electron chi connectivity index (χ1n) is 10.5. The zero-order valence-electron chi connectivity index (χ0n) is 18.0. The van der Waals surface area contributed by atoms with Gasteiger partial charge in [-0.3, -0.25) is 14.9 Å². The molecule has 2 aromatic carbocycles. The number of esters is 1. The average Bonchev–Trinajstić information content (AvgIpc) is 3.21. The Balaban J connectivity index is 1.75. The summed E-state index contributed by atoms with van der Waals surface area (Å²) >= 11 is 1.58. The first-order chi connectivity index (χ1) is 15.3. The van der Waals surface area contributed by atoms with Gasteiger partial charge in [-0.1, -0.05) is 30.3 Å².